The van der Waals surface area contributed by atoms with Gasteiger partial charge in [-0.3, -0.25) is 9.59 Å². The Morgan fingerprint density at radius 1 is 1.12 bits per heavy atom. The Balaban J connectivity index is 1.84. The number of amides is 1. The highest BCUT2D eigenvalue weighted by Crippen LogP contribution is 2.45. The first kappa shape index (κ1) is 32.2. The first-order valence-corrected chi connectivity index (χ1v) is 15.0. The zero-order chi connectivity index (χ0) is 31.3. The molecule has 230 valence electrons. The average molecular weight is 631 g/mol. The summed E-state index contributed by atoms with van der Waals surface area (Å²) in [7, 11) is 3.08. The van der Waals surface area contributed by atoms with Crippen molar-refractivity contribution in [3.05, 3.63) is 68.6 Å². The highest BCUT2D eigenvalue weighted by Gasteiger charge is 2.40. The van der Waals surface area contributed by atoms with Crippen LogP contribution in [0, 0.1) is 5.41 Å². The molecule has 0 N–H and O–H groups in total. The minimum absolute atomic E-state index is 0.0916. The molecule has 3 aromatic rings. The van der Waals surface area contributed by atoms with Crippen molar-refractivity contribution in [2.45, 2.75) is 46.3 Å². The molecule has 10 nitrogen and oxygen atoms in total. The molecule has 0 spiro atoms. The van der Waals surface area contributed by atoms with Gasteiger partial charge in [0.1, 0.15) is 12.2 Å². The Bertz CT molecular complexity index is 1490. The van der Waals surface area contributed by atoms with E-state index in [1.165, 1.54) is 25.4 Å². The van der Waals surface area contributed by atoms with E-state index in [4.69, 9.17) is 35.3 Å². The van der Waals surface area contributed by atoms with Crippen LogP contribution in [0.25, 0.3) is 0 Å². The molecule has 4 rings (SSSR count). The van der Waals surface area contributed by atoms with Crippen LogP contribution in [0.4, 0.5) is 5.69 Å². The predicted molar refractivity (Wildman–Crippen MR) is 162 cm³/mol. The summed E-state index contributed by atoms with van der Waals surface area (Å²) in [4.78, 5) is 44.4. The summed E-state index contributed by atoms with van der Waals surface area (Å²) < 4.78 is 28.4. The maximum Gasteiger partial charge on any atom is 0.357 e. The van der Waals surface area contributed by atoms with Crippen LogP contribution in [0.5, 0.6) is 11.5 Å². The second-order valence-corrected chi connectivity index (χ2v) is 12.1. The van der Waals surface area contributed by atoms with Gasteiger partial charge < -0.3 is 28.6 Å². The van der Waals surface area contributed by atoms with Gasteiger partial charge in [0.25, 0.3) is 5.91 Å². The molecule has 2 aromatic carbocycles. The molecule has 0 bridgehead atoms. The van der Waals surface area contributed by atoms with Gasteiger partial charge in [-0.2, -0.15) is 0 Å². The summed E-state index contributed by atoms with van der Waals surface area (Å²) in [5.74, 6) is -0.313. The highest BCUT2D eigenvalue weighted by molar-refractivity contribution is 7.09. The third-order valence-electron chi connectivity index (χ3n) is 6.77. The third-order valence-corrected chi connectivity index (χ3v) is 7.88. The number of carbonyl (C=O) groups is 3. The fourth-order valence-corrected chi connectivity index (χ4v) is 5.84. The number of aromatic nitrogens is 1. The molecule has 1 aromatic heterocycles. The van der Waals surface area contributed by atoms with E-state index in [0.717, 1.165) is 0 Å². The van der Waals surface area contributed by atoms with Gasteiger partial charge >= 0.3 is 11.9 Å². The van der Waals surface area contributed by atoms with Crippen LogP contribution >= 0.6 is 22.9 Å². The number of fused-ring (bicyclic) bond motifs is 1. The summed E-state index contributed by atoms with van der Waals surface area (Å²) in [6.07, 6.45) is -1.72. The quantitative estimate of drug-likeness (QED) is 0.248. The molecule has 0 aliphatic carbocycles. The number of carbonyl (C=O) groups excluding carboxylic acids is 3. The first-order chi connectivity index (χ1) is 20.5. The van der Waals surface area contributed by atoms with E-state index < -0.39 is 29.6 Å². The van der Waals surface area contributed by atoms with E-state index in [-0.39, 0.29) is 37.8 Å². The summed E-state index contributed by atoms with van der Waals surface area (Å²) in [6, 6.07) is 10.7. The number of esters is 2. The Hall–Kier alpha value is -3.67. The number of hydrogen-bond donors (Lipinski definition) is 0. The number of para-hydroxylation sites is 1. The Labute approximate surface area is 259 Å². The van der Waals surface area contributed by atoms with Crippen LogP contribution in [0.15, 0.2) is 41.8 Å². The van der Waals surface area contributed by atoms with Crippen LogP contribution in [0.3, 0.4) is 0 Å². The number of ether oxygens (including phenoxy) is 5. The fourth-order valence-electron chi connectivity index (χ4n) is 4.86. The molecule has 12 heteroatoms. The number of anilines is 1. The number of methoxy groups -OCH3 is 2. The lowest BCUT2D eigenvalue weighted by atomic mass is 9.92. The normalized spacial score (nSPS) is 16.7. The van der Waals surface area contributed by atoms with Crippen molar-refractivity contribution in [2.75, 3.05) is 38.9 Å². The molecule has 1 aliphatic heterocycles. The Kier molecular flexibility index (Phi) is 10.3. The maximum atomic E-state index is 14.4. The summed E-state index contributed by atoms with van der Waals surface area (Å²) in [5, 5.41) is 2.59. The topological polar surface area (TPSA) is 113 Å². The van der Waals surface area contributed by atoms with Crippen LogP contribution in [0.1, 0.15) is 60.4 Å². The summed E-state index contributed by atoms with van der Waals surface area (Å²) >= 11 is 7.76. The number of hydrogen-bond acceptors (Lipinski definition) is 10. The zero-order valence-electron chi connectivity index (χ0n) is 25.0. The fraction of sp³-hybridized carbons (Fsp3) is 0.419. The number of nitrogens with zero attached hydrogens (tertiary/aromatic N) is 2. The van der Waals surface area contributed by atoms with Gasteiger partial charge in [-0.25, -0.2) is 9.78 Å². The van der Waals surface area contributed by atoms with Crippen LogP contribution in [0.2, 0.25) is 5.02 Å². The van der Waals surface area contributed by atoms with Gasteiger partial charge in [-0.1, -0.05) is 37.6 Å². The number of benzene rings is 2. The molecule has 43 heavy (non-hydrogen) atoms. The minimum Gasteiger partial charge on any atom is -0.493 e. The molecule has 2 heterocycles. The monoisotopic (exact) mass is 630 g/mol. The molecular formula is C31H35ClN2O8S. The van der Waals surface area contributed by atoms with Gasteiger partial charge in [-0.15, -0.1) is 11.3 Å². The molecule has 1 aliphatic rings. The number of rotatable bonds is 11. The van der Waals surface area contributed by atoms with Gasteiger partial charge in [0.05, 0.1) is 32.4 Å². The second-order valence-electron chi connectivity index (χ2n) is 10.7. The smallest absolute Gasteiger partial charge is 0.357 e. The molecule has 2 atom stereocenters. The van der Waals surface area contributed by atoms with Crippen molar-refractivity contribution in [3.8, 4) is 11.5 Å². The van der Waals surface area contributed by atoms with E-state index in [1.807, 2.05) is 26.0 Å². The van der Waals surface area contributed by atoms with E-state index in [9.17, 15) is 14.4 Å². The van der Waals surface area contributed by atoms with Crippen LogP contribution < -0.4 is 14.4 Å². The van der Waals surface area contributed by atoms with E-state index in [1.54, 1.807) is 48.6 Å². The van der Waals surface area contributed by atoms with E-state index in [2.05, 4.69) is 4.98 Å². The van der Waals surface area contributed by atoms with Crippen molar-refractivity contribution < 1.29 is 38.1 Å². The number of thiazole rings is 1. The third kappa shape index (κ3) is 7.46. The van der Waals surface area contributed by atoms with Gasteiger partial charge in [0.2, 0.25) is 0 Å². The Morgan fingerprint density at radius 3 is 2.56 bits per heavy atom. The molecule has 0 radical (unpaired) electrons. The maximum absolute atomic E-state index is 14.4. The van der Waals surface area contributed by atoms with Gasteiger partial charge in [0.15, 0.2) is 17.2 Å². The molecule has 0 fully saturated rings. The van der Waals surface area contributed by atoms with Gasteiger partial charge in [0, 0.05) is 52.5 Å². The predicted octanol–water partition coefficient (Wildman–Crippen LogP) is 5.64. The molecule has 0 saturated carbocycles. The standard InChI is InChI=1S/C31H35ClN2O8S/c1-7-40-30(37)22-15-43-26(33-22)14-25-29(36)34(16-31(3,4)17-41-18(2)35)23-12-11-19(32)13-21(23)27(42-25)20-9-8-10-24(38-5)28(20)39-6/h8-13,15,25,27H,7,14,16-17H2,1-6H3/t25-,27-/m1/s1. The van der Waals surface area contributed by atoms with Crippen molar-refractivity contribution in [1.29, 1.82) is 0 Å². The SMILES string of the molecule is CCOC(=O)c1csc(C[C@H]2O[C@H](c3cccc(OC)c3OC)c3cc(Cl)ccc3N(CC(C)(C)COC(C)=O)C2=O)n1. The van der Waals surface area contributed by atoms with E-state index >= 15 is 0 Å². The average Bonchev–Trinajstić information content (AvgIpc) is 3.41. The minimum atomic E-state index is -1.02. The summed E-state index contributed by atoms with van der Waals surface area (Å²) in [5.41, 5.74) is 1.42. The first-order valence-electron chi connectivity index (χ1n) is 13.7. The molecule has 1 amide bonds. The van der Waals surface area contributed by atoms with Crippen molar-refractivity contribution in [2.24, 2.45) is 5.41 Å². The van der Waals surface area contributed by atoms with Gasteiger partial charge in [-0.05, 0) is 31.2 Å². The van der Waals surface area contributed by atoms with Crippen LogP contribution in [-0.4, -0.2) is 62.9 Å². The highest BCUT2D eigenvalue weighted by atomic mass is 35.5. The molecule has 0 unspecified atom stereocenters. The zero-order valence-corrected chi connectivity index (χ0v) is 26.5. The lowest BCUT2D eigenvalue weighted by Crippen LogP contribution is -2.46. The van der Waals surface area contributed by atoms with Crippen molar-refractivity contribution in [3.63, 3.8) is 0 Å². The van der Waals surface area contributed by atoms with E-state index in [0.29, 0.717) is 38.3 Å². The molecular weight excluding hydrogens is 596 g/mol. The van der Waals surface area contributed by atoms with Crippen molar-refractivity contribution in [1.82, 2.24) is 4.98 Å². The lowest BCUT2D eigenvalue weighted by Gasteiger charge is -2.33. The van der Waals surface area contributed by atoms with Crippen molar-refractivity contribution >= 4 is 46.5 Å². The largest absolute Gasteiger partial charge is 0.493 e. The summed E-state index contributed by atoms with van der Waals surface area (Å²) in [6.45, 7) is 7.42. The second kappa shape index (κ2) is 13.7. The number of halogens is 1. The Morgan fingerprint density at radius 2 is 1.88 bits per heavy atom. The lowest BCUT2D eigenvalue weighted by molar-refractivity contribution is -0.143. The van der Waals surface area contributed by atoms with Crippen LogP contribution in [-0.2, 0) is 30.2 Å². The molecule has 0 saturated heterocycles.